The number of furan rings is 1. The van der Waals surface area contributed by atoms with Crippen LogP contribution in [0.2, 0.25) is 0 Å². The van der Waals surface area contributed by atoms with Crippen molar-refractivity contribution in [1.82, 2.24) is 15.1 Å². The van der Waals surface area contributed by atoms with Crippen LogP contribution >= 0.6 is 0 Å². The predicted octanol–water partition coefficient (Wildman–Crippen LogP) is 3.18. The fraction of sp³-hybridized carbons (Fsp3) is 0.312. The van der Waals surface area contributed by atoms with Gasteiger partial charge in [0.15, 0.2) is 0 Å². The smallest absolute Gasteiger partial charge is 0.134 e. The summed E-state index contributed by atoms with van der Waals surface area (Å²) < 4.78 is 7.92. The van der Waals surface area contributed by atoms with E-state index < -0.39 is 0 Å². The Morgan fingerprint density at radius 1 is 1.25 bits per heavy atom. The molecular weight excluding hydrogens is 250 g/mol. The number of nitrogens with one attached hydrogen (secondary N) is 1. The van der Waals surface area contributed by atoms with Gasteiger partial charge in [-0.2, -0.15) is 5.10 Å². The highest BCUT2D eigenvalue weighted by Gasteiger charge is 2.13. The van der Waals surface area contributed by atoms with Gasteiger partial charge in [-0.1, -0.05) is 25.1 Å². The van der Waals surface area contributed by atoms with E-state index in [1.165, 1.54) is 10.9 Å². The van der Waals surface area contributed by atoms with Crippen molar-refractivity contribution in [1.29, 1.82) is 0 Å². The zero-order chi connectivity index (χ0) is 13.8. The molecule has 2 heterocycles. The number of benzene rings is 1. The Balaban J connectivity index is 1.94. The fourth-order valence-corrected chi connectivity index (χ4v) is 2.40. The summed E-state index contributed by atoms with van der Waals surface area (Å²) in [6, 6.07) is 10.1. The van der Waals surface area contributed by atoms with Crippen LogP contribution in [0.4, 0.5) is 0 Å². The van der Waals surface area contributed by atoms with E-state index in [0.717, 1.165) is 37.4 Å². The first-order valence-electron chi connectivity index (χ1n) is 7.06. The molecule has 0 aliphatic heterocycles. The molecule has 0 spiro atoms. The highest BCUT2D eigenvalue weighted by atomic mass is 16.3. The summed E-state index contributed by atoms with van der Waals surface area (Å²) in [5.74, 6) is 1.01. The Morgan fingerprint density at radius 3 is 2.95 bits per heavy atom. The molecule has 0 saturated carbocycles. The maximum absolute atomic E-state index is 5.99. The van der Waals surface area contributed by atoms with E-state index in [4.69, 9.17) is 4.42 Å². The van der Waals surface area contributed by atoms with Crippen LogP contribution in [-0.4, -0.2) is 16.3 Å². The van der Waals surface area contributed by atoms with Crippen LogP contribution < -0.4 is 5.32 Å². The third kappa shape index (κ3) is 2.60. The third-order valence-electron chi connectivity index (χ3n) is 3.37. The van der Waals surface area contributed by atoms with Gasteiger partial charge in [0, 0.05) is 23.3 Å². The third-order valence-corrected chi connectivity index (χ3v) is 3.37. The normalized spacial score (nSPS) is 11.2. The van der Waals surface area contributed by atoms with Gasteiger partial charge in [-0.25, -0.2) is 0 Å². The summed E-state index contributed by atoms with van der Waals surface area (Å²) in [7, 11) is 0. The summed E-state index contributed by atoms with van der Waals surface area (Å²) in [6.45, 7) is 4.67. The lowest BCUT2D eigenvalue weighted by molar-refractivity contribution is 0.502. The number of rotatable bonds is 6. The van der Waals surface area contributed by atoms with E-state index >= 15 is 0 Å². The molecule has 4 heteroatoms. The number of fused-ring (bicyclic) bond motifs is 1. The van der Waals surface area contributed by atoms with E-state index in [-0.39, 0.29) is 0 Å². The number of aromatic nitrogens is 2. The fourth-order valence-electron chi connectivity index (χ4n) is 2.40. The zero-order valence-electron chi connectivity index (χ0n) is 11.7. The monoisotopic (exact) mass is 269 g/mol. The molecule has 1 aromatic carbocycles. The van der Waals surface area contributed by atoms with Crippen molar-refractivity contribution in [3.63, 3.8) is 0 Å². The molecule has 0 unspecified atom stereocenters. The molecule has 0 aliphatic rings. The van der Waals surface area contributed by atoms with Crippen LogP contribution in [0.15, 0.2) is 47.1 Å². The van der Waals surface area contributed by atoms with Crippen LogP contribution in [-0.2, 0) is 13.1 Å². The quantitative estimate of drug-likeness (QED) is 0.699. The van der Waals surface area contributed by atoms with Gasteiger partial charge in [0.05, 0.1) is 13.1 Å². The lowest BCUT2D eigenvalue weighted by atomic mass is 10.1. The SMILES string of the molecule is CCCNCc1oc2ccccc2c1Cn1cccn1. The van der Waals surface area contributed by atoms with Gasteiger partial charge < -0.3 is 9.73 Å². The first kappa shape index (κ1) is 12.9. The van der Waals surface area contributed by atoms with Crippen molar-refractivity contribution >= 4 is 11.0 Å². The van der Waals surface area contributed by atoms with E-state index in [1.54, 1.807) is 6.20 Å². The summed E-state index contributed by atoms with van der Waals surface area (Å²) >= 11 is 0. The average molecular weight is 269 g/mol. The van der Waals surface area contributed by atoms with Crippen molar-refractivity contribution < 1.29 is 4.42 Å². The number of hydrogen-bond donors (Lipinski definition) is 1. The topological polar surface area (TPSA) is 43.0 Å². The highest BCUT2D eigenvalue weighted by molar-refractivity contribution is 5.82. The van der Waals surface area contributed by atoms with Crippen LogP contribution in [0.5, 0.6) is 0 Å². The molecule has 2 aromatic heterocycles. The van der Waals surface area contributed by atoms with Crippen molar-refractivity contribution in [3.8, 4) is 0 Å². The van der Waals surface area contributed by atoms with Gasteiger partial charge in [0.25, 0.3) is 0 Å². The summed E-state index contributed by atoms with van der Waals surface area (Å²) in [5.41, 5.74) is 2.16. The van der Waals surface area contributed by atoms with Crippen LogP contribution in [0.1, 0.15) is 24.7 Å². The van der Waals surface area contributed by atoms with Crippen molar-refractivity contribution in [2.24, 2.45) is 0 Å². The van der Waals surface area contributed by atoms with Gasteiger partial charge >= 0.3 is 0 Å². The Labute approximate surface area is 118 Å². The number of hydrogen-bond acceptors (Lipinski definition) is 3. The molecule has 0 aliphatic carbocycles. The molecule has 0 bridgehead atoms. The van der Waals surface area contributed by atoms with Gasteiger partial charge in [0.2, 0.25) is 0 Å². The Morgan fingerprint density at radius 2 is 2.15 bits per heavy atom. The number of nitrogens with zero attached hydrogens (tertiary/aromatic N) is 2. The molecule has 3 rings (SSSR count). The molecule has 0 radical (unpaired) electrons. The molecule has 104 valence electrons. The molecule has 3 aromatic rings. The van der Waals surface area contributed by atoms with Gasteiger partial charge in [-0.15, -0.1) is 0 Å². The first-order valence-corrected chi connectivity index (χ1v) is 7.06. The minimum atomic E-state index is 0.743. The summed E-state index contributed by atoms with van der Waals surface area (Å²) in [6.07, 6.45) is 4.90. The molecule has 20 heavy (non-hydrogen) atoms. The van der Waals surface area contributed by atoms with Crippen molar-refractivity contribution in [2.75, 3.05) is 6.54 Å². The second kappa shape index (κ2) is 5.92. The molecule has 4 nitrogen and oxygen atoms in total. The molecule has 1 N–H and O–H groups in total. The second-order valence-corrected chi connectivity index (χ2v) is 4.88. The Bertz CT molecular complexity index is 670. The number of para-hydroxylation sites is 1. The largest absolute Gasteiger partial charge is 0.459 e. The molecular formula is C16H19N3O. The van der Waals surface area contributed by atoms with Crippen molar-refractivity contribution in [2.45, 2.75) is 26.4 Å². The maximum atomic E-state index is 5.99. The zero-order valence-corrected chi connectivity index (χ0v) is 11.7. The van der Waals surface area contributed by atoms with Gasteiger partial charge in [-0.3, -0.25) is 4.68 Å². The minimum absolute atomic E-state index is 0.743. The summed E-state index contributed by atoms with van der Waals surface area (Å²) in [4.78, 5) is 0. The lowest BCUT2D eigenvalue weighted by Crippen LogP contribution is -2.15. The van der Waals surface area contributed by atoms with E-state index in [1.807, 2.05) is 35.1 Å². The van der Waals surface area contributed by atoms with Crippen LogP contribution in [0, 0.1) is 0 Å². The van der Waals surface area contributed by atoms with Crippen LogP contribution in [0.3, 0.4) is 0 Å². The van der Waals surface area contributed by atoms with E-state index in [2.05, 4.69) is 23.4 Å². The predicted molar refractivity (Wildman–Crippen MR) is 79.5 cm³/mol. The first-order chi connectivity index (χ1) is 9.88. The summed E-state index contributed by atoms with van der Waals surface area (Å²) in [5, 5.41) is 8.88. The molecule has 0 fully saturated rings. The highest BCUT2D eigenvalue weighted by Crippen LogP contribution is 2.26. The maximum Gasteiger partial charge on any atom is 0.134 e. The standard InChI is InChI=1S/C16H19N3O/c1-2-8-17-11-16-14(12-19-10-5-9-18-19)13-6-3-4-7-15(13)20-16/h3-7,9-10,17H,2,8,11-12H2,1H3. The minimum Gasteiger partial charge on any atom is -0.459 e. The van der Waals surface area contributed by atoms with Crippen molar-refractivity contribution in [3.05, 3.63) is 54.0 Å². The van der Waals surface area contributed by atoms with E-state index in [0.29, 0.717) is 0 Å². The molecule has 0 saturated heterocycles. The van der Waals surface area contributed by atoms with Gasteiger partial charge in [0.1, 0.15) is 11.3 Å². The lowest BCUT2D eigenvalue weighted by Gasteiger charge is -2.05. The Kier molecular flexibility index (Phi) is 3.83. The van der Waals surface area contributed by atoms with Gasteiger partial charge in [-0.05, 0) is 25.1 Å². The van der Waals surface area contributed by atoms with Crippen LogP contribution in [0.25, 0.3) is 11.0 Å². The molecule has 0 amide bonds. The Hall–Kier alpha value is -2.07. The second-order valence-electron chi connectivity index (χ2n) is 4.88. The average Bonchev–Trinajstić information content (AvgIpc) is 3.09. The molecule has 0 atom stereocenters. The van der Waals surface area contributed by atoms with E-state index in [9.17, 15) is 0 Å².